The molecule has 3 nitrogen and oxygen atoms in total. The fourth-order valence-corrected chi connectivity index (χ4v) is 3.51. The summed E-state index contributed by atoms with van der Waals surface area (Å²) in [5, 5.41) is 0. The number of hydrogen-bond acceptors (Lipinski definition) is 2. The highest BCUT2D eigenvalue weighted by Gasteiger charge is 2.15. The normalized spacial score (nSPS) is 11.3. The first-order chi connectivity index (χ1) is 12.8. The summed E-state index contributed by atoms with van der Waals surface area (Å²) in [5.74, 6) is 0. The van der Waals surface area contributed by atoms with Crippen molar-refractivity contribution in [3.05, 3.63) is 89.4 Å². The van der Waals surface area contributed by atoms with Gasteiger partial charge in [0.25, 0.3) is 0 Å². The Morgan fingerprint density at radius 3 is 2.04 bits per heavy atom. The molecule has 3 aromatic carbocycles. The average Bonchev–Trinajstić information content (AvgIpc) is 3.05. The molecular formula is C22H14BrN3. The number of benzene rings is 3. The fourth-order valence-electron chi connectivity index (χ4n) is 3.25. The van der Waals surface area contributed by atoms with Gasteiger partial charge < -0.3 is 0 Å². The average molecular weight is 400 g/mol. The van der Waals surface area contributed by atoms with Gasteiger partial charge in [0.2, 0.25) is 0 Å². The summed E-state index contributed by atoms with van der Waals surface area (Å²) in [6.07, 6.45) is 0. The monoisotopic (exact) mass is 399 g/mol. The summed E-state index contributed by atoms with van der Waals surface area (Å²) < 4.78 is 3.24. The lowest BCUT2D eigenvalue weighted by Gasteiger charge is -2.10. The Hall–Kier alpha value is -2.98. The molecule has 26 heavy (non-hydrogen) atoms. The van der Waals surface area contributed by atoms with E-state index in [9.17, 15) is 0 Å². The van der Waals surface area contributed by atoms with Gasteiger partial charge >= 0.3 is 0 Å². The fraction of sp³-hybridized carbons (Fsp3) is 0. The van der Waals surface area contributed by atoms with Gasteiger partial charge in [-0.25, -0.2) is 9.97 Å². The van der Waals surface area contributed by atoms with Crippen LogP contribution < -0.4 is 0 Å². The summed E-state index contributed by atoms with van der Waals surface area (Å²) in [5.41, 5.74) is 6.85. The van der Waals surface area contributed by atoms with E-state index in [0.29, 0.717) is 0 Å². The van der Waals surface area contributed by atoms with Gasteiger partial charge in [0.15, 0.2) is 5.65 Å². The van der Waals surface area contributed by atoms with E-state index in [2.05, 4.69) is 63.0 Å². The van der Waals surface area contributed by atoms with Crippen molar-refractivity contribution in [1.29, 1.82) is 0 Å². The number of rotatable bonds is 2. The van der Waals surface area contributed by atoms with E-state index in [4.69, 9.17) is 9.97 Å². The van der Waals surface area contributed by atoms with E-state index >= 15 is 0 Å². The summed E-state index contributed by atoms with van der Waals surface area (Å²) in [4.78, 5) is 9.74. The van der Waals surface area contributed by atoms with Crippen molar-refractivity contribution < 1.29 is 0 Å². The Kier molecular flexibility index (Phi) is 3.57. The van der Waals surface area contributed by atoms with Gasteiger partial charge in [-0.05, 0) is 48.0 Å². The molecule has 0 amide bonds. The molecule has 5 rings (SSSR count). The standard InChI is InChI=1S/C22H14BrN3/c23-16-12-10-15(11-13-16)21-14-20-22(26(21)17-6-2-1-3-7-17)25-19-9-5-4-8-18(19)24-20/h1-14H. The van der Waals surface area contributed by atoms with Gasteiger partial charge in [-0.3, -0.25) is 4.57 Å². The summed E-state index contributed by atoms with van der Waals surface area (Å²) in [7, 11) is 0. The molecule has 4 heteroatoms. The third kappa shape index (κ3) is 2.50. The van der Waals surface area contributed by atoms with E-state index in [1.165, 1.54) is 0 Å². The first-order valence-electron chi connectivity index (χ1n) is 8.39. The van der Waals surface area contributed by atoms with E-state index in [-0.39, 0.29) is 0 Å². The zero-order chi connectivity index (χ0) is 17.5. The molecule has 2 heterocycles. The maximum absolute atomic E-state index is 4.91. The van der Waals surface area contributed by atoms with Gasteiger partial charge in [0, 0.05) is 10.2 Å². The van der Waals surface area contributed by atoms with Gasteiger partial charge in [-0.1, -0.05) is 58.4 Å². The Morgan fingerprint density at radius 1 is 0.654 bits per heavy atom. The number of aromatic nitrogens is 3. The van der Waals surface area contributed by atoms with Crippen molar-refractivity contribution in [2.45, 2.75) is 0 Å². The van der Waals surface area contributed by atoms with Crippen LogP contribution in [0.5, 0.6) is 0 Å². The smallest absolute Gasteiger partial charge is 0.164 e. The molecule has 0 aliphatic rings. The summed E-state index contributed by atoms with van der Waals surface area (Å²) in [6.45, 7) is 0. The Labute approximate surface area is 159 Å². The van der Waals surface area contributed by atoms with E-state index in [1.807, 2.05) is 42.5 Å². The molecule has 0 bridgehead atoms. The SMILES string of the molecule is Brc1ccc(-c2cc3nc4ccccc4nc3n2-c2ccccc2)cc1. The minimum atomic E-state index is 0.868. The van der Waals surface area contributed by atoms with Crippen molar-refractivity contribution >= 4 is 38.1 Å². The molecule has 0 aliphatic carbocycles. The number of para-hydroxylation sites is 3. The van der Waals surface area contributed by atoms with Crippen molar-refractivity contribution in [3.63, 3.8) is 0 Å². The van der Waals surface area contributed by atoms with Crippen molar-refractivity contribution in [1.82, 2.24) is 14.5 Å². The van der Waals surface area contributed by atoms with E-state index in [1.54, 1.807) is 0 Å². The van der Waals surface area contributed by atoms with Crippen LogP contribution in [0.15, 0.2) is 89.4 Å². The third-order valence-electron chi connectivity index (χ3n) is 4.46. The number of fused-ring (bicyclic) bond motifs is 2. The number of nitrogens with zero attached hydrogens (tertiary/aromatic N) is 3. The molecule has 0 N–H and O–H groups in total. The molecule has 0 saturated heterocycles. The van der Waals surface area contributed by atoms with Crippen molar-refractivity contribution in [2.75, 3.05) is 0 Å². The zero-order valence-corrected chi connectivity index (χ0v) is 15.4. The molecule has 0 unspecified atom stereocenters. The number of halogens is 1. The molecule has 0 fully saturated rings. The summed E-state index contributed by atoms with van der Waals surface area (Å²) >= 11 is 3.51. The second-order valence-electron chi connectivity index (χ2n) is 6.13. The first-order valence-corrected chi connectivity index (χ1v) is 9.18. The Balaban J connectivity index is 1.88. The second kappa shape index (κ2) is 6.07. The van der Waals surface area contributed by atoms with Crippen LogP contribution in [0.25, 0.3) is 39.1 Å². The second-order valence-corrected chi connectivity index (χ2v) is 7.04. The molecule has 0 aliphatic heterocycles. The third-order valence-corrected chi connectivity index (χ3v) is 4.99. The van der Waals surface area contributed by atoms with Crippen LogP contribution in [0, 0.1) is 0 Å². The van der Waals surface area contributed by atoms with Crippen LogP contribution in [-0.2, 0) is 0 Å². The molecule has 5 aromatic rings. The van der Waals surface area contributed by atoms with Gasteiger partial charge in [0.05, 0.1) is 16.7 Å². The quantitative estimate of drug-likeness (QED) is 0.364. The largest absolute Gasteiger partial charge is 0.293 e. The van der Waals surface area contributed by atoms with Crippen molar-refractivity contribution in [3.8, 4) is 16.9 Å². The maximum Gasteiger partial charge on any atom is 0.164 e. The Bertz CT molecular complexity index is 1230. The van der Waals surface area contributed by atoms with Gasteiger partial charge in [0.1, 0.15) is 5.52 Å². The maximum atomic E-state index is 4.91. The van der Waals surface area contributed by atoms with Crippen LogP contribution in [0.3, 0.4) is 0 Å². The molecule has 0 atom stereocenters. The lowest BCUT2D eigenvalue weighted by Crippen LogP contribution is -1.98. The molecule has 0 spiro atoms. The summed E-state index contributed by atoms with van der Waals surface area (Å²) in [6, 6.07) is 28.7. The first kappa shape index (κ1) is 15.3. The highest BCUT2D eigenvalue weighted by atomic mass is 79.9. The minimum Gasteiger partial charge on any atom is -0.293 e. The van der Waals surface area contributed by atoms with Gasteiger partial charge in [-0.15, -0.1) is 0 Å². The molecule has 0 radical (unpaired) electrons. The molecule has 0 saturated carbocycles. The highest BCUT2D eigenvalue weighted by molar-refractivity contribution is 9.10. The number of hydrogen-bond donors (Lipinski definition) is 0. The Morgan fingerprint density at radius 2 is 1.31 bits per heavy atom. The van der Waals surface area contributed by atoms with Gasteiger partial charge in [-0.2, -0.15) is 0 Å². The lowest BCUT2D eigenvalue weighted by atomic mass is 10.1. The van der Waals surface area contributed by atoms with Crippen LogP contribution in [0.4, 0.5) is 0 Å². The van der Waals surface area contributed by atoms with Crippen molar-refractivity contribution in [2.24, 2.45) is 0 Å². The highest BCUT2D eigenvalue weighted by Crippen LogP contribution is 2.31. The minimum absolute atomic E-state index is 0.868. The predicted octanol–water partition coefficient (Wildman–Crippen LogP) is 6.00. The molecule has 2 aromatic heterocycles. The van der Waals surface area contributed by atoms with E-state index < -0.39 is 0 Å². The van der Waals surface area contributed by atoms with Crippen LogP contribution in [0.1, 0.15) is 0 Å². The lowest BCUT2D eigenvalue weighted by molar-refractivity contribution is 1.10. The van der Waals surface area contributed by atoms with E-state index in [0.717, 1.165) is 43.6 Å². The topological polar surface area (TPSA) is 30.7 Å². The molecular weight excluding hydrogens is 386 g/mol. The zero-order valence-electron chi connectivity index (χ0n) is 13.8. The van der Waals surface area contributed by atoms with Crippen LogP contribution in [0.2, 0.25) is 0 Å². The predicted molar refractivity (Wildman–Crippen MR) is 110 cm³/mol. The van der Waals surface area contributed by atoms with Crippen LogP contribution >= 0.6 is 15.9 Å². The van der Waals surface area contributed by atoms with Crippen LogP contribution in [-0.4, -0.2) is 14.5 Å². The molecule has 124 valence electrons.